The van der Waals surface area contributed by atoms with Crippen molar-refractivity contribution >= 4 is 89.8 Å². The van der Waals surface area contributed by atoms with Gasteiger partial charge >= 0.3 is 0 Å². The van der Waals surface area contributed by atoms with Crippen LogP contribution in [0.2, 0.25) is 0 Å². The Bertz CT molecular complexity index is 4530. The van der Waals surface area contributed by atoms with Gasteiger partial charge in [0.25, 0.3) is 0 Å². The summed E-state index contributed by atoms with van der Waals surface area (Å²) >= 11 is 0. The van der Waals surface area contributed by atoms with Gasteiger partial charge in [0.05, 0.1) is 11.0 Å². The lowest BCUT2D eigenvalue weighted by Crippen LogP contribution is -2.61. The summed E-state index contributed by atoms with van der Waals surface area (Å²) in [5.41, 5.74) is 34.5. The summed E-state index contributed by atoms with van der Waals surface area (Å²) in [7, 11) is 0. The number of hydrogen-bond acceptors (Lipinski definition) is 0. The average Bonchev–Trinajstić information content (AvgIpc) is 1.65. The molecular weight excluding hydrogens is 1060 g/mol. The van der Waals surface area contributed by atoms with E-state index in [1.807, 2.05) is 0 Å². The molecule has 0 N–H and O–H groups in total. The van der Waals surface area contributed by atoms with Gasteiger partial charge in [-0.05, 0) is 160 Å². The zero-order valence-electron chi connectivity index (χ0n) is 53.3. The molecule has 0 fully saturated rings. The van der Waals surface area contributed by atoms with Gasteiger partial charge in [-0.25, -0.2) is 0 Å². The fraction of sp³-hybridized carbons (Fsp3) is 0.214. The van der Waals surface area contributed by atoms with Crippen LogP contribution in [0.25, 0.3) is 99.5 Å². The summed E-state index contributed by atoms with van der Waals surface area (Å²) in [6, 6.07) is 84.9. The largest absolute Gasteiger partial charge is 0.310 e. The van der Waals surface area contributed by atoms with Crippen LogP contribution in [0.15, 0.2) is 218 Å². The molecule has 0 radical (unpaired) electrons. The lowest BCUT2D eigenvalue weighted by Gasteiger charge is -2.36. The average molecular weight is 1140 g/mol. The fourth-order valence-electron chi connectivity index (χ4n) is 15.7. The Labute approximate surface area is 522 Å². The molecule has 15 rings (SSSR count). The minimum atomic E-state index is -0.0930. The van der Waals surface area contributed by atoms with Crippen molar-refractivity contribution in [1.29, 1.82) is 0 Å². The van der Waals surface area contributed by atoms with Gasteiger partial charge in [-0.3, -0.25) is 0 Å². The van der Waals surface area contributed by atoms with Crippen molar-refractivity contribution in [2.75, 3.05) is 0 Å². The summed E-state index contributed by atoms with van der Waals surface area (Å²) in [4.78, 5) is 0. The Morgan fingerprint density at radius 1 is 0.273 bits per heavy atom. The lowest BCUT2D eigenvalue weighted by atomic mass is 9.31. The standard InChI is InChI=1S/C84H78B2N2/c1-49(2)61-41-67(51(5)6)81(68(42-61)52(7)8)85-71-39-37-63(57-29-21-15-22-30-57)79-65-35-33-59(55-25-17-13-18-26-55)45-75(65)87(83(71)79)77-48-74-78(47-73(77)85)88-76-46-60(56-27-19-14-20-28-56)34-36-66(76)80-64(58-31-23-16-24-32-58)38-40-72(84(80)88)86(74)82-69(53(9)10)43-62(50(3)4)44-70(82)54(11)12/h13-54H,1-12H3. The molecule has 2 aliphatic heterocycles. The number of fused-ring (bicyclic) bond motifs is 10. The third-order valence-corrected chi connectivity index (χ3v) is 20.1. The zero-order chi connectivity index (χ0) is 60.5. The van der Waals surface area contributed by atoms with E-state index in [9.17, 15) is 0 Å². The first-order chi connectivity index (χ1) is 42.7. The molecule has 0 unspecified atom stereocenters. The van der Waals surface area contributed by atoms with Crippen molar-refractivity contribution in [2.45, 2.75) is 119 Å². The Hall–Kier alpha value is -8.85. The summed E-state index contributed by atoms with van der Waals surface area (Å²) < 4.78 is 5.49. The maximum atomic E-state index is 2.74. The van der Waals surface area contributed by atoms with Gasteiger partial charge < -0.3 is 9.13 Å². The van der Waals surface area contributed by atoms with Crippen LogP contribution in [-0.2, 0) is 0 Å². The first-order valence-electron chi connectivity index (χ1n) is 32.6. The van der Waals surface area contributed by atoms with Crippen LogP contribution in [0, 0.1) is 0 Å². The van der Waals surface area contributed by atoms with Crippen molar-refractivity contribution in [1.82, 2.24) is 9.13 Å². The normalized spacial score (nSPS) is 12.9. The molecule has 430 valence electrons. The summed E-state index contributed by atoms with van der Waals surface area (Å²) in [6.07, 6.45) is 0. The van der Waals surface area contributed by atoms with E-state index in [1.54, 1.807) is 0 Å². The monoisotopic (exact) mass is 1140 g/mol. The van der Waals surface area contributed by atoms with E-state index < -0.39 is 0 Å². The van der Waals surface area contributed by atoms with E-state index in [2.05, 4.69) is 311 Å². The number of nitrogens with zero attached hydrogens (tertiary/aromatic N) is 2. The highest BCUT2D eigenvalue weighted by molar-refractivity contribution is 7.00. The molecule has 0 saturated heterocycles. The van der Waals surface area contributed by atoms with Gasteiger partial charge in [0.2, 0.25) is 13.4 Å². The Kier molecular flexibility index (Phi) is 13.6. The maximum Gasteiger partial charge on any atom is 0.247 e. The second-order valence-electron chi connectivity index (χ2n) is 27.4. The number of rotatable bonds is 12. The molecule has 0 amide bonds. The number of aromatic nitrogens is 2. The van der Waals surface area contributed by atoms with Gasteiger partial charge in [-0.15, -0.1) is 0 Å². The van der Waals surface area contributed by atoms with E-state index in [0.717, 1.165) is 0 Å². The molecule has 0 spiro atoms. The van der Waals surface area contributed by atoms with Gasteiger partial charge in [0.15, 0.2) is 0 Å². The van der Waals surface area contributed by atoms with Crippen molar-refractivity contribution in [3.05, 3.63) is 252 Å². The van der Waals surface area contributed by atoms with Crippen molar-refractivity contribution in [3.63, 3.8) is 0 Å². The van der Waals surface area contributed by atoms with Crippen molar-refractivity contribution in [3.8, 4) is 55.9 Å². The quantitative estimate of drug-likeness (QED) is 0.108. The molecule has 88 heavy (non-hydrogen) atoms. The van der Waals surface area contributed by atoms with Crippen LogP contribution < -0.4 is 32.8 Å². The molecule has 0 saturated carbocycles. The third kappa shape index (κ3) is 8.67. The highest BCUT2D eigenvalue weighted by Gasteiger charge is 2.43. The predicted octanol–water partition coefficient (Wildman–Crippen LogP) is 18.9. The number of benzene rings is 11. The summed E-state index contributed by atoms with van der Waals surface area (Å²) in [5, 5.41) is 5.19. The van der Waals surface area contributed by atoms with Gasteiger partial charge in [-0.2, -0.15) is 0 Å². The van der Waals surface area contributed by atoms with E-state index in [1.165, 1.54) is 166 Å². The first-order valence-corrected chi connectivity index (χ1v) is 32.6. The summed E-state index contributed by atoms with van der Waals surface area (Å²) in [6.45, 7) is 28.7. The van der Waals surface area contributed by atoms with E-state index in [-0.39, 0.29) is 37.1 Å². The maximum absolute atomic E-state index is 2.74. The van der Waals surface area contributed by atoms with Crippen LogP contribution in [-0.4, -0.2) is 22.6 Å². The minimum Gasteiger partial charge on any atom is -0.310 e. The van der Waals surface area contributed by atoms with Crippen LogP contribution >= 0.6 is 0 Å². The zero-order valence-corrected chi connectivity index (χ0v) is 53.3. The molecule has 2 nitrogen and oxygen atoms in total. The highest BCUT2D eigenvalue weighted by Crippen LogP contribution is 2.45. The van der Waals surface area contributed by atoms with Crippen LogP contribution in [0.1, 0.15) is 152 Å². The van der Waals surface area contributed by atoms with E-state index >= 15 is 0 Å². The Balaban J connectivity index is 1.18. The SMILES string of the molecule is CC(C)c1cc(C(C)C)c(B2c3cc4c(cc3-n3c5cc(-c6ccccc6)ccc5c5c(-c6ccccc6)ccc2c53)B(c2c(C(C)C)cc(C(C)C)cc2C(C)C)c2ccc(-c3ccccc3)c3c5ccc(-c6ccccc6)cc5n-4c23)c(C(C)C)c1. The van der Waals surface area contributed by atoms with E-state index in [0.29, 0.717) is 11.8 Å². The van der Waals surface area contributed by atoms with Crippen LogP contribution in [0.3, 0.4) is 0 Å². The smallest absolute Gasteiger partial charge is 0.247 e. The molecule has 0 aliphatic carbocycles. The lowest BCUT2D eigenvalue weighted by molar-refractivity contribution is 0.812. The van der Waals surface area contributed by atoms with Crippen molar-refractivity contribution < 1.29 is 0 Å². The molecule has 11 aromatic carbocycles. The second-order valence-corrected chi connectivity index (χ2v) is 27.4. The molecular formula is C84H78B2N2. The van der Waals surface area contributed by atoms with Gasteiger partial charge in [0.1, 0.15) is 0 Å². The molecule has 4 heterocycles. The predicted molar refractivity (Wildman–Crippen MR) is 384 cm³/mol. The first kappa shape index (κ1) is 55.7. The topological polar surface area (TPSA) is 9.86 Å². The molecule has 0 bridgehead atoms. The van der Waals surface area contributed by atoms with Crippen LogP contribution in [0.4, 0.5) is 0 Å². The minimum absolute atomic E-state index is 0.0930. The van der Waals surface area contributed by atoms with Crippen LogP contribution in [0.5, 0.6) is 0 Å². The molecule has 2 aliphatic rings. The second kappa shape index (κ2) is 21.5. The Morgan fingerprint density at radius 2 is 0.591 bits per heavy atom. The third-order valence-electron chi connectivity index (χ3n) is 20.1. The molecule has 13 aromatic rings. The summed E-state index contributed by atoms with van der Waals surface area (Å²) in [5.74, 6) is 1.89. The van der Waals surface area contributed by atoms with Gasteiger partial charge in [0, 0.05) is 44.0 Å². The van der Waals surface area contributed by atoms with Crippen molar-refractivity contribution in [2.24, 2.45) is 0 Å². The van der Waals surface area contributed by atoms with Gasteiger partial charge in [-0.1, -0.05) is 288 Å². The molecule has 0 atom stereocenters. The fourth-order valence-corrected chi connectivity index (χ4v) is 15.7. The molecule has 2 aromatic heterocycles. The molecule has 4 heteroatoms. The number of hydrogen-bond donors (Lipinski definition) is 0. The highest BCUT2D eigenvalue weighted by atomic mass is 15.0. The van der Waals surface area contributed by atoms with E-state index in [4.69, 9.17) is 0 Å². The Morgan fingerprint density at radius 3 is 0.898 bits per heavy atom.